The van der Waals surface area contributed by atoms with Crippen molar-refractivity contribution in [2.24, 2.45) is 0 Å². The van der Waals surface area contributed by atoms with Crippen molar-refractivity contribution in [1.29, 1.82) is 0 Å². The summed E-state index contributed by atoms with van der Waals surface area (Å²) >= 11 is 5.95. The summed E-state index contributed by atoms with van der Waals surface area (Å²) in [6.07, 6.45) is 4.51. The minimum absolute atomic E-state index is 0.0394. The molecule has 0 aliphatic heterocycles. The van der Waals surface area contributed by atoms with Crippen molar-refractivity contribution < 1.29 is 5.11 Å². The lowest BCUT2D eigenvalue weighted by atomic mass is 10.4. The van der Waals surface area contributed by atoms with Gasteiger partial charge in [-0.2, -0.15) is 5.10 Å². The van der Waals surface area contributed by atoms with Crippen molar-refractivity contribution in [3.63, 3.8) is 0 Å². The zero-order valence-electron chi connectivity index (χ0n) is 9.95. The van der Waals surface area contributed by atoms with Gasteiger partial charge in [-0.15, -0.1) is 0 Å². The molecule has 0 fully saturated rings. The summed E-state index contributed by atoms with van der Waals surface area (Å²) in [7, 11) is 0. The molecule has 0 saturated carbocycles. The third kappa shape index (κ3) is 3.27. The van der Waals surface area contributed by atoms with Crippen LogP contribution in [0, 0.1) is 0 Å². The quantitative estimate of drug-likeness (QED) is 0.818. The average Bonchev–Trinajstić information content (AvgIpc) is 2.44. The highest BCUT2D eigenvalue weighted by Gasteiger charge is 2.08. The van der Waals surface area contributed by atoms with Gasteiger partial charge in [0.05, 0.1) is 37.3 Å². The van der Waals surface area contributed by atoms with E-state index in [9.17, 15) is 4.79 Å². The first-order valence-corrected chi connectivity index (χ1v) is 5.95. The molecule has 0 radical (unpaired) electrons. The fraction of sp³-hybridized carbons (Fsp3) is 0.273. The molecule has 2 aromatic heterocycles. The van der Waals surface area contributed by atoms with E-state index in [1.54, 1.807) is 12.3 Å². The fourth-order valence-corrected chi connectivity index (χ4v) is 1.66. The van der Waals surface area contributed by atoms with E-state index in [1.807, 2.05) is 0 Å². The van der Waals surface area contributed by atoms with Crippen molar-refractivity contribution in [3.8, 4) is 0 Å². The summed E-state index contributed by atoms with van der Waals surface area (Å²) in [4.78, 5) is 19.6. The molecule has 0 atom stereocenters. The minimum Gasteiger partial charge on any atom is -0.394 e. The highest BCUT2D eigenvalue weighted by molar-refractivity contribution is 6.32. The van der Waals surface area contributed by atoms with E-state index in [-0.39, 0.29) is 18.2 Å². The molecule has 0 spiro atoms. The van der Waals surface area contributed by atoms with E-state index in [0.717, 1.165) is 10.4 Å². The maximum atomic E-state index is 11.8. The zero-order chi connectivity index (χ0) is 13.7. The van der Waals surface area contributed by atoms with Crippen LogP contribution in [0.5, 0.6) is 0 Å². The Hall–Kier alpha value is -1.99. The highest BCUT2D eigenvalue weighted by atomic mass is 35.5. The van der Waals surface area contributed by atoms with Crippen LogP contribution in [-0.4, -0.2) is 31.5 Å². The third-order valence-electron chi connectivity index (χ3n) is 2.40. The molecule has 100 valence electrons. The van der Waals surface area contributed by atoms with Crippen LogP contribution in [0.25, 0.3) is 0 Å². The molecular formula is C11H12ClN5O2. The number of aromatic nitrogens is 4. The lowest BCUT2D eigenvalue weighted by Crippen LogP contribution is -2.25. The van der Waals surface area contributed by atoms with E-state index >= 15 is 0 Å². The van der Waals surface area contributed by atoms with Gasteiger partial charge < -0.3 is 10.4 Å². The Bertz CT molecular complexity index is 602. The largest absolute Gasteiger partial charge is 0.394 e. The second-order valence-electron chi connectivity index (χ2n) is 3.68. The standard InChI is InChI=1S/C11H12ClN5O2/c12-10-9(6-16-17(3-4-18)11(10)19)14-5-8-1-2-13-7-15-8/h1-2,6-7,14,18H,3-5H2. The summed E-state index contributed by atoms with van der Waals surface area (Å²) in [5.74, 6) is 0. The van der Waals surface area contributed by atoms with E-state index in [0.29, 0.717) is 12.2 Å². The maximum Gasteiger partial charge on any atom is 0.287 e. The van der Waals surface area contributed by atoms with Crippen molar-refractivity contribution in [3.05, 3.63) is 45.9 Å². The number of hydrogen-bond donors (Lipinski definition) is 2. The Morgan fingerprint density at radius 3 is 3.00 bits per heavy atom. The minimum atomic E-state index is -0.441. The van der Waals surface area contributed by atoms with Gasteiger partial charge in [-0.3, -0.25) is 4.79 Å². The van der Waals surface area contributed by atoms with Crippen molar-refractivity contribution in [2.75, 3.05) is 11.9 Å². The molecule has 19 heavy (non-hydrogen) atoms. The molecule has 0 aliphatic rings. The van der Waals surface area contributed by atoms with Crippen LogP contribution in [0.3, 0.4) is 0 Å². The van der Waals surface area contributed by atoms with E-state index in [1.165, 1.54) is 12.5 Å². The van der Waals surface area contributed by atoms with Gasteiger partial charge in [0, 0.05) is 6.20 Å². The molecule has 0 bridgehead atoms. The Balaban J connectivity index is 2.13. The smallest absolute Gasteiger partial charge is 0.287 e. The first-order valence-electron chi connectivity index (χ1n) is 5.57. The number of nitrogens with zero attached hydrogens (tertiary/aromatic N) is 4. The summed E-state index contributed by atoms with van der Waals surface area (Å²) in [6.45, 7) is 0.356. The number of rotatable bonds is 5. The molecule has 7 nitrogen and oxygen atoms in total. The Morgan fingerprint density at radius 1 is 1.47 bits per heavy atom. The van der Waals surface area contributed by atoms with E-state index in [2.05, 4.69) is 20.4 Å². The average molecular weight is 282 g/mol. The van der Waals surface area contributed by atoms with Gasteiger partial charge in [0.15, 0.2) is 0 Å². The van der Waals surface area contributed by atoms with Crippen LogP contribution in [-0.2, 0) is 13.1 Å². The molecule has 2 aromatic rings. The van der Waals surface area contributed by atoms with Crippen LogP contribution in [0.15, 0.2) is 29.6 Å². The molecule has 2 rings (SSSR count). The summed E-state index contributed by atoms with van der Waals surface area (Å²) < 4.78 is 1.11. The molecular weight excluding hydrogens is 270 g/mol. The Morgan fingerprint density at radius 2 is 2.32 bits per heavy atom. The summed E-state index contributed by atoms with van der Waals surface area (Å²) in [5, 5.41) is 15.7. The molecule has 0 unspecified atom stereocenters. The lowest BCUT2D eigenvalue weighted by Gasteiger charge is -2.09. The van der Waals surface area contributed by atoms with Gasteiger partial charge >= 0.3 is 0 Å². The van der Waals surface area contributed by atoms with E-state index in [4.69, 9.17) is 16.7 Å². The Kier molecular flexibility index (Phi) is 4.43. The van der Waals surface area contributed by atoms with Crippen molar-refractivity contribution in [2.45, 2.75) is 13.1 Å². The molecule has 0 aliphatic carbocycles. The third-order valence-corrected chi connectivity index (χ3v) is 2.77. The predicted octanol–water partition coefficient (Wildman–Crippen LogP) is 0.291. The second kappa shape index (κ2) is 6.26. The lowest BCUT2D eigenvalue weighted by molar-refractivity contribution is 0.266. The number of halogens is 1. The van der Waals surface area contributed by atoms with Crippen molar-refractivity contribution in [1.82, 2.24) is 19.7 Å². The number of hydrogen-bond acceptors (Lipinski definition) is 6. The molecule has 0 aromatic carbocycles. The van der Waals surface area contributed by atoms with Crippen LogP contribution in [0.4, 0.5) is 5.69 Å². The first-order chi connectivity index (χ1) is 9.22. The first kappa shape index (κ1) is 13.4. The maximum absolute atomic E-state index is 11.8. The van der Waals surface area contributed by atoms with Gasteiger partial charge in [-0.25, -0.2) is 14.6 Å². The number of aliphatic hydroxyl groups is 1. The van der Waals surface area contributed by atoms with Gasteiger partial charge in [0.2, 0.25) is 0 Å². The normalized spacial score (nSPS) is 10.4. The molecule has 8 heteroatoms. The summed E-state index contributed by atoms with van der Waals surface area (Å²) in [6, 6.07) is 1.75. The molecule has 2 N–H and O–H groups in total. The summed E-state index contributed by atoms with van der Waals surface area (Å²) in [5.41, 5.74) is 0.758. The number of anilines is 1. The van der Waals surface area contributed by atoms with Gasteiger partial charge in [-0.05, 0) is 6.07 Å². The highest BCUT2D eigenvalue weighted by Crippen LogP contribution is 2.15. The molecule has 0 saturated heterocycles. The predicted molar refractivity (Wildman–Crippen MR) is 70.0 cm³/mol. The number of nitrogens with one attached hydrogen (secondary N) is 1. The zero-order valence-corrected chi connectivity index (χ0v) is 10.7. The number of aliphatic hydroxyl groups excluding tert-OH is 1. The van der Waals surface area contributed by atoms with Crippen LogP contribution >= 0.6 is 11.6 Å². The fourth-order valence-electron chi connectivity index (χ4n) is 1.45. The van der Waals surface area contributed by atoms with Crippen LogP contribution in [0.1, 0.15) is 5.69 Å². The van der Waals surface area contributed by atoms with Gasteiger partial charge in [0.1, 0.15) is 11.3 Å². The van der Waals surface area contributed by atoms with Gasteiger partial charge in [0.25, 0.3) is 5.56 Å². The SMILES string of the molecule is O=c1c(Cl)c(NCc2ccncn2)cnn1CCO. The molecule has 2 heterocycles. The Labute approximate surface area is 113 Å². The molecule has 0 amide bonds. The van der Waals surface area contributed by atoms with Crippen molar-refractivity contribution >= 4 is 17.3 Å². The van der Waals surface area contributed by atoms with Gasteiger partial charge in [-0.1, -0.05) is 11.6 Å². The van der Waals surface area contributed by atoms with Crippen LogP contribution < -0.4 is 10.9 Å². The monoisotopic (exact) mass is 281 g/mol. The second-order valence-corrected chi connectivity index (χ2v) is 4.06. The topological polar surface area (TPSA) is 92.9 Å². The van der Waals surface area contributed by atoms with E-state index < -0.39 is 5.56 Å². The van der Waals surface area contributed by atoms with Crippen LogP contribution in [0.2, 0.25) is 5.02 Å².